The van der Waals surface area contributed by atoms with Crippen LogP contribution >= 0.6 is 11.8 Å². The number of hydrogen-bond donors (Lipinski definition) is 2. The fourth-order valence-electron chi connectivity index (χ4n) is 4.93. The lowest BCUT2D eigenvalue weighted by atomic mass is 9.94. The molecule has 1 aliphatic carbocycles. The lowest BCUT2D eigenvalue weighted by Gasteiger charge is -2.33. The Hall–Kier alpha value is -4.40. The third kappa shape index (κ3) is 8.01. The summed E-state index contributed by atoms with van der Waals surface area (Å²) in [6.45, 7) is 0.895. The van der Waals surface area contributed by atoms with E-state index in [1.165, 1.54) is 23.9 Å². The van der Waals surface area contributed by atoms with Crippen LogP contribution in [-0.4, -0.2) is 50.6 Å². The summed E-state index contributed by atoms with van der Waals surface area (Å²) in [7, 11) is 0. The van der Waals surface area contributed by atoms with Crippen LogP contribution in [0.5, 0.6) is 0 Å². The van der Waals surface area contributed by atoms with E-state index in [0.717, 1.165) is 28.9 Å². The number of rotatable bonds is 6. The van der Waals surface area contributed by atoms with Crippen LogP contribution in [0.15, 0.2) is 83.2 Å². The van der Waals surface area contributed by atoms with E-state index in [4.69, 9.17) is 0 Å². The van der Waals surface area contributed by atoms with Crippen LogP contribution < -0.4 is 10.9 Å². The van der Waals surface area contributed by atoms with Crippen molar-refractivity contribution >= 4 is 40.1 Å². The molecule has 2 N–H and O–H groups in total. The molecule has 0 unspecified atom stereocenters. The van der Waals surface area contributed by atoms with Crippen LogP contribution in [0.4, 0.5) is 32.3 Å². The number of nitrogens with zero attached hydrogens (tertiary/aromatic N) is 4. The molecule has 5 rings (SSSR count). The fourth-order valence-corrected chi connectivity index (χ4v) is 5.97. The van der Waals surface area contributed by atoms with Crippen LogP contribution in [0.3, 0.4) is 0 Å². The molecule has 1 fully saturated rings. The van der Waals surface area contributed by atoms with E-state index < -0.39 is 35.5 Å². The number of aromatic nitrogens is 2. The highest BCUT2D eigenvalue weighted by Crippen LogP contribution is 2.33. The van der Waals surface area contributed by atoms with E-state index in [2.05, 4.69) is 25.8 Å². The van der Waals surface area contributed by atoms with Crippen molar-refractivity contribution in [2.24, 2.45) is 10.9 Å². The number of hydrazine groups is 1. The highest BCUT2D eigenvalue weighted by atomic mass is 32.2. The van der Waals surface area contributed by atoms with Crippen LogP contribution in [-0.2, 0) is 21.9 Å². The number of anilines is 1. The third-order valence-electron chi connectivity index (χ3n) is 7.28. The zero-order valence-electron chi connectivity index (χ0n) is 23.5. The van der Waals surface area contributed by atoms with Crippen molar-refractivity contribution in [3.8, 4) is 0 Å². The van der Waals surface area contributed by atoms with Gasteiger partial charge in [0.05, 0.1) is 10.6 Å². The molecule has 1 aromatic carbocycles. The van der Waals surface area contributed by atoms with E-state index >= 15 is 0 Å². The number of allylic oxidation sites excluding steroid dienone is 5. The number of hydrogen-bond acceptors (Lipinski definition) is 7. The van der Waals surface area contributed by atoms with Gasteiger partial charge in [-0.25, -0.2) is 15.0 Å². The summed E-state index contributed by atoms with van der Waals surface area (Å²) >= 11 is 1.47. The van der Waals surface area contributed by atoms with Crippen molar-refractivity contribution in [2.75, 3.05) is 24.3 Å². The van der Waals surface area contributed by atoms with Gasteiger partial charge in [0.1, 0.15) is 11.4 Å². The smallest absolute Gasteiger partial charge is 0.339 e. The lowest BCUT2D eigenvalue weighted by molar-refractivity contribution is -0.141. The first-order valence-electron chi connectivity index (χ1n) is 13.8. The van der Waals surface area contributed by atoms with Gasteiger partial charge in [0.15, 0.2) is 0 Å². The molecule has 236 valence electrons. The van der Waals surface area contributed by atoms with Gasteiger partial charge in [-0.15, -0.1) is 11.8 Å². The van der Waals surface area contributed by atoms with Gasteiger partial charge in [-0.3, -0.25) is 20.4 Å². The summed E-state index contributed by atoms with van der Waals surface area (Å²) in [6, 6.07) is 5.58. The van der Waals surface area contributed by atoms with Crippen LogP contribution in [0.2, 0.25) is 0 Å². The second kappa shape index (κ2) is 13.3. The predicted octanol–water partition coefficient (Wildman–Crippen LogP) is 6.20. The zero-order chi connectivity index (χ0) is 32.2. The second-order valence-corrected chi connectivity index (χ2v) is 11.3. The van der Waals surface area contributed by atoms with Gasteiger partial charge in [-0.1, -0.05) is 36.4 Å². The Balaban J connectivity index is 1.15. The Morgan fingerprint density at radius 2 is 1.64 bits per heavy atom. The van der Waals surface area contributed by atoms with Crippen molar-refractivity contribution in [1.29, 1.82) is 0 Å². The van der Waals surface area contributed by atoms with E-state index in [1.54, 1.807) is 35.3 Å². The SMILES string of the molecule is O=C(NNc1nccc(C(F)(F)F)n1)C1=CCSC(C2CCN(C(=O)C3=CC=CC=C(c4ccc(C(F)(F)F)cc4)C3)CC2)=N1. The summed E-state index contributed by atoms with van der Waals surface area (Å²) in [5, 5.41) is 0.731. The monoisotopic (exact) mass is 648 g/mol. The summed E-state index contributed by atoms with van der Waals surface area (Å²) in [5.41, 5.74) is 4.61. The second-order valence-electron chi connectivity index (χ2n) is 10.3. The summed E-state index contributed by atoms with van der Waals surface area (Å²) in [5.74, 6) is -0.767. The molecular weight excluding hydrogens is 622 g/mol. The van der Waals surface area contributed by atoms with Crippen LogP contribution in [0, 0.1) is 5.92 Å². The van der Waals surface area contributed by atoms with Gasteiger partial charge in [-0.05, 0) is 48.3 Å². The molecule has 45 heavy (non-hydrogen) atoms. The molecule has 2 aliphatic heterocycles. The number of piperidine rings is 1. The van der Waals surface area contributed by atoms with Crippen molar-refractivity contribution in [3.63, 3.8) is 0 Å². The maximum atomic E-state index is 13.4. The minimum Gasteiger partial charge on any atom is -0.339 e. The zero-order valence-corrected chi connectivity index (χ0v) is 24.3. The first-order chi connectivity index (χ1) is 21.4. The van der Waals surface area contributed by atoms with Gasteiger partial charge in [-0.2, -0.15) is 26.3 Å². The molecule has 1 aromatic heterocycles. The Bertz CT molecular complexity index is 1600. The predicted molar refractivity (Wildman–Crippen MR) is 157 cm³/mol. The van der Waals surface area contributed by atoms with Gasteiger partial charge >= 0.3 is 12.4 Å². The van der Waals surface area contributed by atoms with Crippen molar-refractivity contribution < 1.29 is 35.9 Å². The highest BCUT2D eigenvalue weighted by Gasteiger charge is 2.33. The number of aliphatic imine (C=N–C) groups is 1. The molecule has 1 saturated heterocycles. The molecule has 0 bridgehead atoms. The Morgan fingerprint density at radius 3 is 2.33 bits per heavy atom. The number of amides is 2. The maximum absolute atomic E-state index is 13.4. The number of benzene rings is 1. The van der Waals surface area contributed by atoms with Gasteiger partial charge in [0.25, 0.3) is 5.91 Å². The van der Waals surface area contributed by atoms with Gasteiger partial charge < -0.3 is 4.90 Å². The number of carbonyl (C=O) groups is 2. The molecule has 2 amide bonds. The standard InChI is InChI=1S/C30H26F6N6O2S/c31-29(32,33)22-7-5-18(6-8-22)20-3-1-2-4-21(17-20)27(44)42-14-10-19(11-15-42)26-38-23(12-16-45-26)25(43)40-41-28-37-13-9-24(39-28)30(34,35)36/h1-9,12-13,19H,10-11,14-17H2,(H,40,43)(H,37,39,41). The number of likely N-dealkylation sites (tertiary alicyclic amines) is 1. The topological polar surface area (TPSA) is 99.6 Å². The van der Waals surface area contributed by atoms with Gasteiger partial charge in [0, 0.05) is 43.0 Å². The molecule has 0 saturated carbocycles. The molecule has 3 heterocycles. The Kier molecular flexibility index (Phi) is 9.46. The number of carbonyl (C=O) groups excluding carboxylic acids is 2. The van der Waals surface area contributed by atoms with E-state index in [9.17, 15) is 35.9 Å². The first-order valence-corrected chi connectivity index (χ1v) is 14.8. The number of halogens is 6. The summed E-state index contributed by atoms with van der Waals surface area (Å²) in [4.78, 5) is 39.3. The molecule has 0 atom stereocenters. The number of alkyl halides is 6. The largest absolute Gasteiger partial charge is 0.433 e. The quantitative estimate of drug-likeness (QED) is 0.286. The van der Waals surface area contributed by atoms with E-state index in [0.29, 0.717) is 48.9 Å². The van der Waals surface area contributed by atoms with Crippen molar-refractivity contribution in [2.45, 2.75) is 31.6 Å². The molecular formula is C30H26F6N6O2S. The van der Waals surface area contributed by atoms with Gasteiger partial charge in [0.2, 0.25) is 11.9 Å². The van der Waals surface area contributed by atoms with Crippen molar-refractivity contribution in [1.82, 2.24) is 20.3 Å². The molecule has 2 aromatic rings. The average Bonchev–Trinajstić information content (AvgIpc) is 3.29. The molecule has 0 spiro atoms. The highest BCUT2D eigenvalue weighted by molar-refractivity contribution is 8.14. The normalized spacial score (nSPS) is 17.9. The summed E-state index contributed by atoms with van der Waals surface area (Å²) < 4.78 is 77.6. The first kappa shape index (κ1) is 32.0. The number of nitrogens with one attached hydrogen (secondary N) is 2. The molecule has 15 heteroatoms. The molecule has 3 aliphatic rings. The summed E-state index contributed by atoms with van der Waals surface area (Å²) in [6.07, 6.45) is 1.90. The average molecular weight is 649 g/mol. The van der Waals surface area contributed by atoms with E-state index in [-0.39, 0.29) is 23.9 Å². The van der Waals surface area contributed by atoms with E-state index in [1.807, 2.05) is 0 Å². The molecule has 8 nitrogen and oxygen atoms in total. The maximum Gasteiger partial charge on any atom is 0.433 e. The van der Waals surface area contributed by atoms with Crippen LogP contribution in [0.1, 0.15) is 36.1 Å². The fraction of sp³-hybridized carbons (Fsp3) is 0.300. The third-order valence-corrected chi connectivity index (χ3v) is 8.33. The minimum absolute atomic E-state index is 0.000854. The Labute approximate surface area is 258 Å². The van der Waals surface area contributed by atoms with Crippen molar-refractivity contribution in [3.05, 3.63) is 95.0 Å². The van der Waals surface area contributed by atoms with Crippen LogP contribution in [0.25, 0.3) is 5.57 Å². The Morgan fingerprint density at radius 1 is 0.933 bits per heavy atom. The lowest BCUT2D eigenvalue weighted by Crippen LogP contribution is -2.41. The number of thioether (sulfide) groups is 1. The molecule has 0 radical (unpaired) electrons. The minimum atomic E-state index is -4.66.